The molecule has 0 saturated heterocycles. The molecule has 0 amide bonds. The average Bonchev–Trinajstić information content (AvgIpc) is 3.40. The fourth-order valence-electron chi connectivity index (χ4n) is 3.05. The number of sulfonamides is 1. The van der Waals surface area contributed by atoms with Gasteiger partial charge in [-0.3, -0.25) is 0 Å². The number of aryl methyl sites for hydroxylation is 1. The average molecular weight is 492 g/mol. The van der Waals surface area contributed by atoms with E-state index in [0.717, 1.165) is 21.7 Å². The number of fused-ring (bicyclic) bond motifs is 1. The molecule has 3 aromatic heterocycles. The van der Waals surface area contributed by atoms with E-state index < -0.39 is 10.0 Å². The summed E-state index contributed by atoms with van der Waals surface area (Å²) < 4.78 is 32.6. The highest BCUT2D eigenvalue weighted by Gasteiger charge is 2.19. The number of hydrogen-bond acceptors (Lipinski definition) is 10. The van der Waals surface area contributed by atoms with E-state index in [4.69, 9.17) is 15.5 Å². The first-order chi connectivity index (χ1) is 15.4. The summed E-state index contributed by atoms with van der Waals surface area (Å²) in [5, 5.41) is 3.47. The second-order valence-electron chi connectivity index (χ2n) is 6.80. The van der Waals surface area contributed by atoms with E-state index in [1.165, 1.54) is 18.1 Å². The lowest BCUT2D eigenvalue weighted by Gasteiger charge is -2.11. The molecule has 13 heteroatoms. The number of anilines is 1. The van der Waals surface area contributed by atoms with Crippen LogP contribution in [0.15, 0.2) is 46.2 Å². The number of imidazole rings is 1. The quantitative estimate of drug-likeness (QED) is 0.338. The van der Waals surface area contributed by atoms with Crippen molar-refractivity contribution >= 4 is 50.1 Å². The smallest absolute Gasteiger partial charge is 0.208 e. The van der Waals surface area contributed by atoms with Crippen LogP contribution in [-0.4, -0.2) is 52.8 Å². The Balaban J connectivity index is 1.72. The van der Waals surface area contributed by atoms with E-state index in [9.17, 15) is 8.42 Å². The standard InChI is InChI=1S/C19H21N7O3S3/c1-29-12-4-5-13(18-21-7-9-30-18)14(10-12)31-19-25-15-16(20)22-11-23-17(15)26(19)8-3-6-24-32(2,27)28/h4-5,7,9-11,24H,3,6,8H2,1-2H3,(H2,20,22,23). The molecule has 168 valence electrons. The van der Waals surface area contributed by atoms with Crippen LogP contribution in [0.2, 0.25) is 0 Å². The highest BCUT2D eigenvalue weighted by Crippen LogP contribution is 2.39. The molecular weight excluding hydrogens is 470 g/mol. The molecule has 1 aromatic carbocycles. The van der Waals surface area contributed by atoms with Crippen LogP contribution in [0.5, 0.6) is 5.75 Å². The van der Waals surface area contributed by atoms with Crippen LogP contribution < -0.4 is 15.2 Å². The van der Waals surface area contributed by atoms with E-state index in [1.807, 2.05) is 28.1 Å². The molecule has 3 N–H and O–H groups in total. The number of thiazole rings is 1. The highest BCUT2D eigenvalue weighted by atomic mass is 32.2. The number of nitrogens with two attached hydrogens (primary N) is 1. The molecule has 0 aliphatic carbocycles. The van der Waals surface area contributed by atoms with Gasteiger partial charge in [0.15, 0.2) is 22.1 Å². The van der Waals surface area contributed by atoms with Crippen molar-refractivity contribution in [2.24, 2.45) is 0 Å². The van der Waals surface area contributed by atoms with E-state index in [-0.39, 0.29) is 5.82 Å². The minimum absolute atomic E-state index is 0.288. The zero-order chi connectivity index (χ0) is 22.7. The highest BCUT2D eigenvalue weighted by molar-refractivity contribution is 7.99. The monoisotopic (exact) mass is 491 g/mol. The molecule has 0 radical (unpaired) electrons. The Hall–Kier alpha value is -2.74. The van der Waals surface area contributed by atoms with Gasteiger partial charge in [-0.25, -0.2) is 33.1 Å². The third-order valence-corrected chi connectivity index (χ3v) is 7.09. The lowest BCUT2D eigenvalue weighted by atomic mass is 10.2. The SMILES string of the molecule is COc1ccc(-c2nccs2)c(Sc2nc3c(N)ncnc3n2CCCNS(C)(=O)=O)c1. The summed E-state index contributed by atoms with van der Waals surface area (Å²) >= 11 is 2.99. The molecule has 0 aliphatic heterocycles. The van der Waals surface area contributed by atoms with Crippen molar-refractivity contribution in [2.45, 2.75) is 23.0 Å². The molecule has 4 rings (SSSR count). The van der Waals surface area contributed by atoms with Gasteiger partial charge in [-0.1, -0.05) is 11.8 Å². The fourth-order valence-corrected chi connectivity index (χ4v) is 5.38. The van der Waals surface area contributed by atoms with Gasteiger partial charge in [0.25, 0.3) is 0 Å². The van der Waals surface area contributed by atoms with Crippen molar-refractivity contribution < 1.29 is 13.2 Å². The van der Waals surface area contributed by atoms with Gasteiger partial charge in [-0.15, -0.1) is 11.3 Å². The van der Waals surface area contributed by atoms with Gasteiger partial charge in [-0.2, -0.15) is 0 Å². The van der Waals surface area contributed by atoms with Gasteiger partial charge < -0.3 is 15.0 Å². The Labute approximate surface area is 193 Å². The van der Waals surface area contributed by atoms with Gasteiger partial charge in [0.05, 0.1) is 13.4 Å². The Morgan fingerprint density at radius 2 is 2.12 bits per heavy atom. The van der Waals surface area contributed by atoms with E-state index >= 15 is 0 Å². The molecule has 0 unspecified atom stereocenters. The Kier molecular flexibility index (Phi) is 6.60. The number of benzene rings is 1. The molecule has 0 atom stereocenters. The number of methoxy groups -OCH3 is 1. The van der Waals surface area contributed by atoms with Gasteiger partial charge in [0, 0.05) is 35.1 Å². The summed E-state index contributed by atoms with van der Waals surface area (Å²) in [4.78, 5) is 18.4. The van der Waals surface area contributed by atoms with Crippen LogP contribution in [0.25, 0.3) is 21.7 Å². The van der Waals surface area contributed by atoms with Gasteiger partial charge >= 0.3 is 0 Å². The van der Waals surface area contributed by atoms with Crippen LogP contribution in [-0.2, 0) is 16.6 Å². The number of hydrogen-bond donors (Lipinski definition) is 2. The van der Waals surface area contributed by atoms with Crippen molar-refractivity contribution in [3.8, 4) is 16.3 Å². The third kappa shape index (κ3) is 5.01. The lowest BCUT2D eigenvalue weighted by molar-refractivity contribution is 0.414. The number of aromatic nitrogens is 5. The number of nitrogen functional groups attached to an aromatic ring is 1. The van der Waals surface area contributed by atoms with Gasteiger partial charge in [0.2, 0.25) is 10.0 Å². The number of ether oxygens (including phenoxy) is 1. The topological polar surface area (TPSA) is 138 Å². The Morgan fingerprint density at radius 3 is 2.84 bits per heavy atom. The molecular formula is C19H21N7O3S3. The van der Waals surface area contributed by atoms with Crippen LogP contribution in [0, 0.1) is 0 Å². The Morgan fingerprint density at radius 1 is 1.28 bits per heavy atom. The zero-order valence-corrected chi connectivity index (χ0v) is 19.8. The maximum Gasteiger partial charge on any atom is 0.208 e. The van der Waals surface area contributed by atoms with Crippen molar-refractivity contribution in [1.82, 2.24) is 29.2 Å². The predicted molar refractivity (Wildman–Crippen MR) is 125 cm³/mol. The summed E-state index contributed by atoms with van der Waals surface area (Å²) in [6.07, 6.45) is 4.84. The summed E-state index contributed by atoms with van der Waals surface area (Å²) in [5.41, 5.74) is 8.10. The van der Waals surface area contributed by atoms with E-state index in [0.29, 0.717) is 41.6 Å². The first-order valence-corrected chi connectivity index (χ1v) is 13.1. The van der Waals surface area contributed by atoms with Gasteiger partial charge in [0.1, 0.15) is 17.1 Å². The van der Waals surface area contributed by atoms with Crippen LogP contribution in [0.3, 0.4) is 0 Å². The summed E-state index contributed by atoms with van der Waals surface area (Å²) in [7, 11) is -1.64. The van der Waals surface area contributed by atoms with Crippen molar-refractivity contribution in [3.63, 3.8) is 0 Å². The molecule has 0 bridgehead atoms. The van der Waals surface area contributed by atoms with E-state index in [1.54, 1.807) is 24.6 Å². The second-order valence-corrected chi connectivity index (χ2v) is 10.5. The van der Waals surface area contributed by atoms with Crippen molar-refractivity contribution in [1.29, 1.82) is 0 Å². The largest absolute Gasteiger partial charge is 0.497 e. The first-order valence-electron chi connectivity index (χ1n) is 9.53. The van der Waals surface area contributed by atoms with Crippen LogP contribution in [0.1, 0.15) is 6.42 Å². The molecule has 10 nitrogen and oxygen atoms in total. The Bertz CT molecular complexity index is 1340. The maximum atomic E-state index is 11.4. The lowest BCUT2D eigenvalue weighted by Crippen LogP contribution is -2.24. The number of nitrogens with one attached hydrogen (secondary N) is 1. The predicted octanol–water partition coefficient (Wildman–Crippen LogP) is 2.63. The third-order valence-electron chi connectivity index (χ3n) is 4.50. The maximum absolute atomic E-state index is 11.4. The summed E-state index contributed by atoms with van der Waals surface area (Å²) in [6, 6.07) is 5.80. The zero-order valence-electron chi connectivity index (χ0n) is 17.3. The molecule has 0 aliphatic rings. The minimum Gasteiger partial charge on any atom is -0.497 e. The van der Waals surface area contributed by atoms with Crippen molar-refractivity contribution in [3.05, 3.63) is 36.1 Å². The molecule has 4 aromatic rings. The minimum atomic E-state index is -3.26. The second kappa shape index (κ2) is 9.40. The number of nitrogens with zero attached hydrogens (tertiary/aromatic N) is 5. The number of rotatable bonds is 9. The molecule has 3 heterocycles. The van der Waals surface area contributed by atoms with Crippen LogP contribution in [0.4, 0.5) is 5.82 Å². The van der Waals surface area contributed by atoms with Crippen molar-refractivity contribution in [2.75, 3.05) is 25.6 Å². The fraction of sp³-hybridized carbons (Fsp3) is 0.263. The summed E-state index contributed by atoms with van der Waals surface area (Å²) in [6.45, 7) is 0.793. The normalized spacial score (nSPS) is 11.8. The van der Waals surface area contributed by atoms with Gasteiger partial charge in [-0.05, 0) is 24.6 Å². The first kappa shape index (κ1) is 22.5. The molecule has 32 heavy (non-hydrogen) atoms. The molecule has 0 spiro atoms. The molecule has 0 saturated carbocycles. The molecule has 0 fully saturated rings. The van der Waals surface area contributed by atoms with E-state index in [2.05, 4.69) is 19.7 Å². The summed E-state index contributed by atoms with van der Waals surface area (Å²) in [5.74, 6) is 1.00. The van der Waals surface area contributed by atoms with Crippen LogP contribution >= 0.6 is 23.1 Å².